The number of halogens is 1. The molecule has 0 N–H and O–H groups in total. The first kappa shape index (κ1) is 10.4. The maximum atomic E-state index is 13.2. The summed E-state index contributed by atoms with van der Waals surface area (Å²) in [5, 5.41) is 0.524. The van der Waals surface area contributed by atoms with Gasteiger partial charge in [-0.2, -0.15) is 0 Å². The van der Waals surface area contributed by atoms with Crippen molar-refractivity contribution in [2.75, 3.05) is 0 Å². The van der Waals surface area contributed by atoms with Gasteiger partial charge in [-0.1, -0.05) is 0 Å². The molecule has 1 aliphatic heterocycles. The van der Waals surface area contributed by atoms with Crippen LogP contribution in [0.2, 0.25) is 0 Å². The van der Waals surface area contributed by atoms with E-state index < -0.39 is 0 Å². The zero-order chi connectivity index (χ0) is 13.0. The van der Waals surface area contributed by atoms with E-state index in [1.165, 1.54) is 12.1 Å². The van der Waals surface area contributed by atoms with E-state index in [0.717, 1.165) is 5.56 Å². The first-order valence-corrected chi connectivity index (χ1v) is 5.88. The van der Waals surface area contributed by atoms with Gasteiger partial charge < -0.3 is 0 Å². The van der Waals surface area contributed by atoms with E-state index in [-0.39, 0.29) is 11.4 Å². The average Bonchev–Trinajstić information content (AvgIpc) is 2.76. The Kier molecular flexibility index (Phi) is 1.90. The lowest BCUT2D eigenvalue weighted by Crippen LogP contribution is -2.20. The van der Waals surface area contributed by atoms with Crippen LogP contribution in [0.5, 0.6) is 0 Å². The molecule has 0 saturated carbocycles. The van der Waals surface area contributed by atoms with Gasteiger partial charge in [0.25, 0.3) is 5.56 Å². The predicted octanol–water partition coefficient (Wildman–Crippen LogP) is 1.82. The Labute approximate surface area is 107 Å². The Bertz CT molecular complexity index is 885. The smallest absolute Gasteiger partial charge is 0.266 e. The van der Waals surface area contributed by atoms with Crippen molar-refractivity contribution >= 4 is 10.9 Å². The number of benzene rings is 1. The molecule has 0 unspecified atom stereocenters. The van der Waals surface area contributed by atoms with E-state index in [2.05, 4.69) is 9.97 Å². The fourth-order valence-corrected chi connectivity index (χ4v) is 2.53. The standard InChI is InChI=1S/C14H8FN3O/c15-9-1-2-12-8(5-9)6-13-17-11-7-16-4-3-10(11)14(19)18(12)13/h1-5,7H,6H2. The van der Waals surface area contributed by atoms with Gasteiger partial charge in [-0.05, 0) is 29.8 Å². The van der Waals surface area contributed by atoms with E-state index in [4.69, 9.17) is 0 Å². The fraction of sp³-hybridized carbons (Fsp3) is 0.0714. The van der Waals surface area contributed by atoms with Crippen LogP contribution in [0.1, 0.15) is 11.4 Å². The Morgan fingerprint density at radius 2 is 2.16 bits per heavy atom. The molecule has 3 aromatic rings. The topological polar surface area (TPSA) is 47.8 Å². The third-order valence-corrected chi connectivity index (χ3v) is 3.37. The molecular weight excluding hydrogens is 245 g/mol. The van der Waals surface area contributed by atoms with E-state index in [1.54, 1.807) is 29.1 Å². The highest BCUT2D eigenvalue weighted by molar-refractivity contribution is 5.77. The van der Waals surface area contributed by atoms with Crippen LogP contribution in [0.4, 0.5) is 4.39 Å². The van der Waals surface area contributed by atoms with Crippen molar-refractivity contribution in [2.45, 2.75) is 6.42 Å². The van der Waals surface area contributed by atoms with E-state index in [9.17, 15) is 9.18 Å². The third-order valence-electron chi connectivity index (χ3n) is 3.37. The third kappa shape index (κ3) is 1.35. The van der Waals surface area contributed by atoms with Crippen molar-refractivity contribution in [1.29, 1.82) is 0 Å². The molecule has 0 atom stereocenters. The lowest BCUT2D eigenvalue weighted by molar-refractivity contribution is 0.626. The lowest BCUT2D eigenvalue weighted by atomic mass is 10.1. The van der Waals surface area contributed by atoms with Crippen molar-refractivity contribution in [3.8, 4) is 5.69 Å². The molecule has 0 spiro atoms. The molecule has 0 saturated heterocycles. The monoisotopic (exact) mass is 253 g/mol. The second kappa shape index (κ2) is 3.47. The molecular formula is C14H8FN3O. The van der Waals surface area contributed by atoms with Gasteiger partial charge in [-0.25, -0.2) is 9.37 Å². The summed E-state index contributed by atoms with van der Waals surface area (Å²) in [4.78, 5) is 20.9. The zero-order valence-corrected chi connectivity index (χ0v) is 9.80. The van der Waals surface area contributed by atoms with E-state index in [1.807, 2.05) is 0 Å². The van der Waals surface area contributed by atoms with E-state index >= 15 is 0 Å². The van der Waals surface area contributed by atoms with Crippen molar-refractivity contribution < 1.29 is 4.39 Å². The second-order valence-electron chi connectivity index (χ2n) is 4.51. The first-order valence-electron chi connectivity index (χ1n) is 5.88. The summed E-state index contributed by atoms with van der Waals surface area (Å²) >= 11 is 0. The van der Waals surface area contributed by atoms with Crippen LogP contribution in [-0.2, 0) is 6.42 Å². The summed E-state index contributed by atoms with van der Waals surface area (Å²) < 4.78 is 14.8. The molecule has 19 heavy (non-hydrogen) atoms. The molecule has 5 heteroatoms. The van der Waals surface area contributed by atoms with Gasteiger partial charge in [0.2, 0.25) is 0 Å². The van der Waals surface area contributed by atoms with Crippen LogP contribution in [0, 0.1) is 5.82 Å². The molecule has 0 fully saturated rings. The lowest BCUT2D eigenvalue weighted by Gasteiger charge is -2.05. The Morgan fingerprint density at radius 3 is 3.05 bits per heavy atom. The molecule has 0 bridgehead atoms. The van der Waals surface area contributed by atoms with Crippen LogP contribution >= 0.6 is 0 Å². The summed E-state index contributed by atoms with van der Waals surface area (Å²) in [5.41, 5.74) is 1.94. The number of rotatable bonds is 0. The summed E-state index contributed by atoms with van der Waals surface area (Å²) in [6, 6.07) is 6.08. The number of hydrogen-bond acceptors (Lipinski definition) is 3. The van der Waals surface area contributed by atoms with Gasteiger partial charge in [-0.15, -0.1) is 0 Å². The highest BCUT2D eigenvalue weighted by Crippen LogP contribution is 2.26. The SMILES string of the molecule is O=c1c2ccncc2nc2n1-c1ccc(F)cc1C2. The molecule has 1 aliphatic rings. The molecule has 92 valence electrons. The predicted molar refractivity (Wildman–Crippen MR) is 67.9 cm³/mol. The van der Waals surface area contributed by atoms with Crippen molar-refractivity contribution in [1.82, 2.24) is 14.5 Å². The van der Waals surface area contributed by atoms with Gasteiger partial charge in [0, 0.05) is 12.6 Å². The molecule has 2 aromatic heterocycles. The molecule has 1 aromatic carbocycles. The minimum atomic E-state index is -0.300. The molecule has 4 nitrogen and oxygen atoms in total. The largest absolute Gasteiger partial charge is 0.268 e. The van der Waals surface area contributed by atoms with Crippen LogP contribution in [0.3, 0.4) is 0 Å². The van der Waals surface area contributed by atoms with Gasteiger partial charge in [-0.3, -0.25) is 14.3 Å². The second-order valence-corrected chi connectivity index (χ2v) is 4.51. The highest BCUT2D eigenvalue weighted by atomic mass is 19.1. The van der Waals surface area contributed by atoms with Crippen LogP contribution in [0.15, 0.2) is 41.5 Å². The molecule has 3 heterocycles. The molecule has 0 amide bonds. The zero-order valence-electron chi connectivity index (χ0n) is 9.80. The van der Waals surface area contributed by atoms with Crippen molar-refractivity contribution in [3.05, 3.63) is 64.2 Å². The Morgan fingerprint density at radius 1 is 1.26 bits per heavy atom. The number of pyridine rings is 1. The van der Waals surface area contributed by atoms with Crippen molar-refractivity contribution in [3.63, 3.8) is 0 Å². The summed E-state index contributed by atoms with van der Waals surface area (Å²) in [7, 11) is 0. The van der Waals surface area contributed by atoms with Crippen LogP contribution < -0.4 is 5.56 Å². The minimum absolute atomic E-state index is 0.132. The highest BCUT2D eigenvalue weighted by Gasteiger charge is 2.22. The van der Waals surface area contributed by atoms with Crippen LogP contribution in [0.25, 0.3) is 16.6 Å². The minimum Gasteiger partial charge on any atom is -0.268 e. The van der Waals surface area contributed by atoms with E-state index in [0.29, 0.717) is 28.8 Å². The first-order chi connectivity index (χ1) is 9.24. The normalized spacial score (nSPS) is 12.5. The number of hydrogen-bond donors (Lipinski definition) is 0. The van der Waals surface area contributed by atoms with Gasteiger partial charge in [0.15, 0.2) is 0 Å². The van der Waals surface area contributed by atoms with Crippen LogP contribution in [-0.4, -0.2) is 14.5 Å². The summed E-state index contributed by atoms with van der Waals surface area (Å²) in [5.74, 6) is 0.330. The number of aromatic nitrogens is 3. The Balaban J connectivity index is 2.13. The number of fused-ring (bicyclic) bond motifs is 4. The van der Waals surface area contributed by atoms with Gasteiger partial charge in [0.05, 0.1) is 22.8 Å². The maximum absolute atomic E-state index is 13.2. The molecule has 0 aliphatic carbocycles. The summed E-state index contributed by atoms with van der Waals surface area (Å²) in [6.07, 6.45) is 3.60. The van der Waals surface area contributed by atoms with Gasteiger partial charge in [0.1, 0.15) is 11.6 Å². The van der Waals surface area contributed by atoms with Gasteiger partial charge >= 0.3 is 0 Å². The fourth-order valence-electron chi connectivity index (χ4n) is 2.53. The number of nitrogens with zero attached hydrogens (tertiary/aromatic N) is 3. The Hall–Kier alpha value is -2.56. The van der Waals surface area contributed by atoms with Crippen molar-refractivity contribution in [2.24, 2.45) is 0 Å². The maximum Gasteiger partial charge on any atom is 0.266 e. The molecule has 4 rings (SSSR count). The summed E-state index contributed by atoms with van der Waals surface area (Å²) in [6.45, 7) is 0. The quantitative estimate of drug-likeness (QED) is 0.480. The molecule has 0 radical (unpaired) electrons. The average molecular weight is 253 g/mol.